The Hall–Kier alpha value is -1.61. The van der Waals surface area contributed by atoms with Gasteiger partial charge in [-0.15, -0.1) is 0 Å². The maximum atomic E-state index is 14.2. The Balaban J connectivity index is 1.63. The maximum Gasteiger partial charge on any atom is 0.165 e. The molecule has 0 saturated carbocycles. The van der Waals surface area contributed by atoms with Crippen LogP contribution in [-0.2, 0) is 0 Å². The van der Waals surface area contributed by atoms with Crippen molar-refractivity contribution in [1.29, 1.82) is 0 Å². The second kappa shape index (κ2) is 6.90. The third-order valence-corrected chi connectivity index (χ3v) is 4.25. The minimum atomic E-state index is -0.253. The zero-order chi connectivity index (χ0) is 14.5. The molecule has 1 aliphatic heterocycles. The molecule has 2 nitrogen and oxygen atoms in total. The van der Waals surface area contributed by atoms with Gasteiger partial charge >= 0.3 is 0 Å². The molecule has 112 valence electrons. The zero-order valence-corrected chi connectivity index (χ0v) is 12.3. The van der Waals surface area contributed by atoms with Crippen molar-refractivity contribution in [1.82, 2.24) is 5.32 Å². The molecule has 0 bridgehead atoms. The van der Waals surface area contributed by atoms with Crippen LogP contribution < -0.4 is 10.1 Å². The van der Waals surface area contributed by atoms with Crippen molar-refractivity contribution in [2.45, 2.75) is 25.7 Å². The SMILES string of the molecule is Fc1cc(C2=CC=CCC2)ccc1OCC1CCNCC1. The first-order chi connectivity index (χ1) is 10.3. The monoisotopic (exact) mass is 287 g/mol. The maximum absolute atomic E-state index is 14.2. The highest BCUT2D eigenvalue weighted by atomic mass is 19.1. The van der Waals surface area contributed by atoms with E-state index in [2.05, 4.69) is 17.5 Å². The lowest BCUT2D eigenvalue weighted by atomic mass is 9.97. The van der Waals surface area contributed by atoms with Crippen LogP contribution in [0.3, 0.4) is 0 Å². The number of halogens is 1. The van der Waals surface area contributed by atoms with Gasteiger partial charge in [-0.1, -0.05) is 24.3 Å². The Kier molecular flexibility index (Phi) is 4.71. The van der Waals surface area contributed by atoms with Crippen LogP contribution in [0.1, 0.15) is 31.2 Å². The average Bonchev–Trinajstić information content (AvgIpc) is 2.55. The van der Waals surface area contributed by atoms with Crippen LogP contribution in [0.5, 0.6) is 5.75 Å². The molecule has 3 rings (SSSR count). The summed E-state index contributed by atoms with van der Waals surface area (Å²) in [6.45, 7) is 2.69. The zero-order valence-electron chi connectivity index (χ0n) is 12.3. The number of nitrogens with one attached hydrogen (secondary N) is 1. The topological polar surface area (TPSA) is 21.3 Å². The number of hydrogen-bond donors (Lipinski definition) is 1. The van der Waals surface area contributed by atoms with Gasteiger partial charge in [0.2, 0.25) is 0 Å². The van der Waals surface area contributed by atoms with Gasteiger partial charge in [0.25, 0.3) is 0 Å². The van der Waals surface area contributed by atoms with Gasteiger partial charge < -0.3 is 10.1 Å². The minimum Gasteiger partial charge on any atom is -0.490 e. The third kappa shape index (κ3) is 3.73. The van der Waals surface area contributed by atoms with Crippen molar-refractivity contribution in [3.8, 4) is 5.75 Å². The van der Waals surface area contributed by atoms with E-state index in [9.17, 15) is 4.39 Å². The van der Waals surface area contributed by atoms with Crippen molar-refractivity contribution in [3.63, 3.8) is 0 Å². The van der Waals surface area contributed by atoms with Gasteiger partial charge in [-0.05, 0) is 68.0 Å². The van der Waals surface area contributed by atoms with Crippen molar-refractivity contribution < 1.29 is 9.13 Å². The normalized spacial score (nSPS) is 19.4. The Morgan fingerprint density at radius 1 is 1.24 bits per heavy atom. The second-order valence-electron chi connectivity index (χ2n) is 5.81. The summed E-state index contributed by atoms with van der Waals surface area (Å²) in [5, 5.41) is 3.33. The first kappa shape index (κ1) is 14.3. The molecular formula is C18H22FNO. The molecule has 1 aliphatic carbocycles. The molecule has 1 heterocycles. The third-order valence-electron chi connectivity index (χ3n) is 4.25. The van der Waals surface area contributed by atoms with E-state index >= 15 is 0 Å². The van der Waals surface area contributed by atoms with Crippen LogP contribution in [0.2, 0.25) is 0 Å². The number of ether oxygens (including phenoxy) is 1. The molecule has 0 spiro atoms. The molecule has 0 unspecified atom stereocenters. The van der Waals surface area contributed by atoms with Crippen LogP contribution in [0.15, 0.2) is 36.4 Å². The van der Waals surface area contributed by atoms with E-state index in [1.54, 1.807) is 12.1 Å². The molecule has 0 aromatic heterocycles. The van der Waals surface area contributed by atoms with E-state index in [0.717, 1.165) is 44.3 Å². The molecule has 1 fully saturated rings. The molecule has 1 saturated heterocycles. The lowest BCUT2D eigenvalue weighted by Gasteiger charge is -2.22. The predicted octanol–water partition coefficient (Wildman–Crippen LogP) is 3.94. The standard InChI is InChI=1S/C18H22FNO/c19-17-12-16(15-4-2-1-3-5-15)6-7-18(17)21-13-14-8-10-20-11-9-14/h1-2,4,6-7,12,14,20H,3,5,8-11,13H2. The van der Waals surface area contributed by atoms with Gasteiger partial charge in [0.1, 0.15) is 0 Å². The Labute approximate surface area is 125 Å². The number of allylic oxidation sites excluding steroid dienone is 4. The summed E-state index contributed by atoms with van der Waals surface area (Å²) >= 11 is 0. The fourth-order valence-corrected chi connectivity index (χ4v) is 2.92. The molecular weight excluding hydrogens is 265 g/mol. The lowest BCUT2D eigenvalue weighted by molar-refractivity contribution is 0.208. The first-order valence-electron chi connectivity index (χ1n) is 7.82. The molecule has 0 amide bonds. The quantitative estimate of drug-likeness (QED) is 0.905. The highest BCUT2D eigenvalue weighted by Crippen LogP contribution is 2.28. The van der Waals surface area contributed by atoms with Crippen molar-refractivity contribution in [2.75, 3.05) is 19.7 Å². The highest BCUT2D eigenvalue weighted by Gasteiger charge is 2.15. The van der Waals surface area contributed by atoms with Crippen LogP contribution in [0.25, 0.3) is 5.57 Å². The van der Waals surface area contributed by atoms with Gasteiger partial charge in [-0.25, -0.2) is 4.39 Å². The number of hydrogen-bond acceptors (Lipinski definition) is 2. The fourth-order valence-electron chi connectivity index (χ4n) is 2.92. The van der Waals surface area contributed by atoms with E-state index < -0.39 is 0 Å². The van der Waals surface area contributed by atoms with Crippen LogP contribution in [0.4, 0.5) is 4.39 Å². The van der Waals surface area contributed by atoms with Gasteiger partial charge in [0, 0.05) is 0 Å². The molecule has 1 aromatic rings. The molecule has 3 heteroatoms. The van der Waals surface area contributed by atoms with Gasteiger partial charge in [-0.3, -0.25) is 0 Å². The average molecular weight is 287 g/mol. The largest absolute Gasteiger partial charge is 0.490 e. The summed E-state index contributed by atoms with van der Waals surface area (Å²) in [7, 11) is 0. The summed E-state index contributed by atoms with van der Waals surface area (Å²) in [5.41, 5.74) is 2.16. The van der Waals surface area contributed by atoms with E-state index in [0.29, 0.717) is 18.3 Å². The Morgan fingerprint density at radius 2 is 2.10 bits per heavy atom. The van der Waals surface area contributed by atoms with E-state index in [1.165, 1.54) is 5.57 Å². The first-order valence-corrected chi connectivity index (χ1v) is 7.82. The predicted molar refractivity (Wildman–Crippen MR) is 83.8 cm³/mol. The molecule has 1 aromatic carbocycles. The number of piperidine rings is 1. The molecule has 21 heavy (non-hydrogen) atoms. The van der Waals surface area contributed by atoms with Gasteiger partial charge in [0.15, 0.2) is 11.6 Å². The molecule has 0 atom stereocenters. The Morgan fingerprint density at radius 3 is 2.81 bits per heavy atom. The molecule has 1 N–H and O–H groups in total. The number of rotatable bonds is 4. The van der Waals surface area contributed by atoms with Gasteiger partial charge in [-0.2, -0.15) is 0 Å². The van der Waals surface area contributed by atoms with E-state index in [-0.39, 0.29) is 5.82 Å². The van der Waals surface area contributed by atoms with Crippen LogP contribution >= 0.6 is 0 Å². The summed E-state index contributed by atoms with van der Waals surface area (Å²) in [4.78, 5) is 0. The summed E-state index contributed by atoms with van der Waals surface area (Å²) < 4.78 is 19.9. The molecule has 0 radical (unpaired) electrons. The fraction of sp³-hybridized carbons (Fsp3) is 0.444. The molecule has 2 aliphatic rings. The Bertz CT molecular complexity index is 544. The summed E-state index contributed by atoms with van der Waals surface area (Å²) in [6.07, 6.45) is 10.5. The minimum absolute atomic E-state index is 0.253. The van der Waals surface area contributed by atoms with Crippen LogP contribution in [0, 0.1) is 11.7 Å². The van der Waals surface area contributed by atoms with Crippen molar-refractivity contribution in [3.05, 3.63) is 47.8 Å². The van der Waals surface area contributed by atoms with Crippen LogP contribution in [-0.4, -0.2) is 19.7 Å². The van der Waals surface area contributed by atoms with Crippen molar-refractivity contribution >= 4 is 5.57 Å². The second-order valence-corrected chi connectivity index (χ2v) is 5.81. The lowest BCUT2D eigenvalue weighted by Crippen LogP contribution is -2.30. The highest BCUT2D eigenvalue weighted by molar-refractivity contribution is 5.68. The number of benzene rings is 1. The summed E-state index contributed by atoms with van der Waals surface area (Å²) in [6, 6.07) is 5.33. The van der Waals surface area contributed by atoms with Crippen molar-refractivity contribution in [2.24, 2.45) is 5.92 Å². The summed E-state index contributed by atoms with van der Waals surface area (Å²) in [5.74, 6) is 0.664. The smallest absolute Gasteiger partial charge is 0.165 e. The van der Waals surface area contributed by atoms with Gasteiger partial charge in [0.05, 0.1) is 6.61 Å². The van der Waals surface area contributed by atoms with E-state index in [1.807, 2.05) is 12.1 Å². The van der Waals surface area contributed by atoms with E-state index in [4.69, 9.17) is 4.74 Å².